The van der Waals surface area contributed by atoms with Crippen LogP contribution < -0.4 is 15.5 Å². The number of quaternary nitrogens is 1. The van der Waals surface area contributed by atoms with Crippen molar-refractivity contribution in [3.8, 4) is 0 Å². The SMILES string of the molecule is CCC(CC)NC(=O)C[NH+](C)CC(=O)Nc1ccccc1SC. The second-order valence-corrected chi connectivity index (χ2v) is 6.49. The molecule has 128 valence electrons. The minimum Gasteiger partial charge on any atom is -0.349 e. The molecule has 1 unspecified atom stereocenters. The highest BCUT2D eigenvalue weighted by Crippen LogP contribution is 2.24. The van der Waals surface area contributed by atoms with E-state index in [1.807, 2.05) is 37.6 Å². The Bertz CT molecular complexity index is 518. The summed E-state index contributed by atoms with van der Waals surface area (Å²) in [5.74, 6) is -0.0900. The number of carbonyl (C=O) groups excluding carboxylic acids is 2. The van der Waals surface area contributed by atoms with E-state index in [1.165, 1.54) is 0 Å². The lowest BCUT2D eigenvalue weighted by Crippen LogP contribution is -3.11. The van der Waals surface area contributed by atoms with E-state index in [1.54, 1.807) is 11.8 Å². The molecule has 2 amide bonds. The second-order valence-electron chi connectivity index (χ2n) is 5.64. The summed E-state index contributed by atoms with van der Waals surface area (Å²) >= 11 is 1.59. The molecule has 0 saturated carbocycles. The van der Waals surface area contributed by atoms with Gasteiger partial charge in [0.15, 0.2) is 13.1 Å². The van der Waals surface area contributed by atoms with Crippen LogP contribution in [0.3, 0.4) is 0 Å². The summed E-state index contributed by atoms with van der Waals surface area (Å²) in [5.41, 5.74) is 0.819. The average molecular weight is 338 g/mol. The van der Waals surface area contributed by atoms with Crippen LogP contribution in [0.25, 0.3) is 0 Å². The molecule has 0 aliphatic carbocycles. The third-order valence-corrected chi connectivity index (χ3v) is 4.45. The summed E-state index contributed by atoms with van der Waals surface area (Å²) in [5, 5.41) is 5.91. The van der Waals surface area contributed by atoms with Crippen LogP contribution in [0.15, 0.2) is 29.2 Å². The standard InChI is InChI=1S/C17H27N3O2S/c1-5-13(6-2)18-16(21)11-20(3)12-17(22)19-14-9-7-8-10-15(14)23-4/h7-10,13H,5-6,11-12H2,1-4H3,(H,18,21)(H,19,22)/p+1. The van der Waals surface area contributed by atoms with E-state index >= 15 is 0 Å². The summed E-state index contributed by atoms with van der Waals surface area (Å²) in [6.07, 6.45) is 3.82. The Balaban J connectivity index is 2.46. The van der Waals surface area contributed by atoms with Gasteiger partial charge in [-0.2, -0.15) is 0 Å². The Morgan fingerprint density at radius 1 is 1.13 bits per heavy atom. The number of para-hydroxylation sites is 1. The zero-order valence-corrected chi connectivity index (χ0v) is 15.3. The molecule has 0 bridgehead atoms. The summed E-state index contributed by atoms with van der Waals surface area (Å²) in [4.78, 5) is 26.0. The topological polar surface area (TPSA) is 62.6 Å². The molecule has 0 radical (unpaired) electrons. The monoisotopic (exact) mass is 338 g/mol. The minimum atomic E-state index is -0.0840. The quantitative estimate of drug-likeness (QED) is 0.592. The van der Waals surface area contributed by atoms with Gasteiger partial charge in [0, 0.05) is 10.9 Å². The lowest BCUT2D eigenvalue weighted by atomic mass is 10.2. The van der Waals surface area contributed by atoms with Crippen LogP contribution in [0, 0.1) is 0 Å². The number of likely N-dealkylation sites (N-methyl/N-ethyl adjacent to an activating group) is 1. The second kappa shape index (κ2) is 10.3. The van der Waals surface area contributed by atoms with Gasteiger partial charge in [0.25, 0.3) is 11.8 Å². The van der Waals surface area contributed by atoms with Gasteiger partial charge in [-0.15, -0.1) is 11.8 Å². The van der Waals surface area contributed by atoms with Crippen LogP contribution in [0.4, 0.5) is 5.69 Å². The van der Waals surface area contributed by atoms with E-state index in [-0.39, 0.29) is 24.4 Å². The van der Waals surface area contributed by atoms with E-state index in [9.17, 15) is 9.59 Å². The summed E-state index contributed by atoms with van der Waals surface area (Å²) < 4.78 is 0. The molecule has 0 aliphatic rings. The molecule has 3 N–H and O–H groups in total. The first-order valence-corrected chi connectivity index (χ1v) is 9.26. The van der Waals surface area contributed by atoms with Crippen molar-refractivity contribution < 1.29 is 14.5 Å². The van der Waals surface area contributed by atoms with Crippen molar-refractivity contribution in [3.05, 3.63) is 24.3 Å². The van der Waals surface area contributed by atoms with Crippen LogP contribution in [-0.2, 0) is 9.59 Å². The van der Waals surface area contributed by atoms with E-state index in [0.717, 1.165) is 28.3 Å². The van der Waals surface area contributed by atoms with Gasteiger partial charge in [-0.05, 0) is 31.2 Å². The van der Waals surface area contributed by atoms with Crippen molar-refractivity contribution in [2.45, 2.75) is 37.6 Å². The van der Waals surface area contributed by atoms with Crippen molar-refractivity contribution in [3.63, 3.8) is 0 Å². The highest BCUT2D eigenvalue weighted by atomic mass is 32.2. The maximum Gasteiger partial charge on any atom is 0.279 e. The zero-order chi connectivity index (χ0) is 17.2. The maximum absolute atomic E-state index is 12.1. The van der Waals surface area contributed by atoms with E-state index in [2.05, 4.69) is 24.5 Å². The number of rotatable bonds is 9. The number of anilines is 1. The first kappa shape index (κ1) is 19.5. The minimum absolute atomic E-state index is 0.00601. The number of amides is 2. The van der Waals surface area contributed by atoms with Gasteiger partial charge in [-0.3, -0.25) is 9.59 Å². The molecule has 23 heavy (non-hydrogen) atoms. The molecule has 5 nitrogen and oxygen atoms in total. The fourth-order valence-electron chi connectivity index (χ4n) is 2.32. The maximum atomic E-state index is 12.1. The van der Waals surface area contributed by atoms with Crippen LogP contribution in [0.5, 0.6) is 0 Å². The third-order valence-electron chi connectivity index (χ3n) is 3.66. The Morgan fingerprint density at radius 2 is 1.74 bits per heavy atom. The lowest BCUT2D eigenvalue weighted by molar-refractivity contribution is -0.862. The van der Waals surface area contributed by atoms with Crippen molar-refractivity contribution in [1.29, 1.82) is 0 Å². The van der Waals surface area contributed by atoms with E-state index in [0.29, 0.717) is 6.54 Å². The largest absolute Gasteiger partial charge is 0.349 e. The predicted molar refractivity (Wildman–Crippen MR) is 96.0 cm³/mol. The third kappa shape index (κ3) is 7.05. The van der Waals surface area contributed by atoms with E-state index in [4.69, 9.17) is 0 Å². The zero-order valence-electron chi connectivity index (χ0n) is 14.4. The Kier molecular flexibility index (Phi) is 8.73. The smallest absolute Gasteiger partial charge is 0.279 e. The molecular formula is C17H28N3O2S+. The highest BCUT2D eigenvalue weighted by Gasteiger charge is 2.16. The summed E-state index contributed by atoms with van der Waals surface area (Å²) in [6, 6.07) is 7.92. The Hall–Kier alpha value is -1.53. The highest BCUT2D eigenvalue weighted by molar-refractivity contribution is 7.98. The van der Waals surface area contributed by atoms with Gasteiger partial charge in [0.05, 0.1) is 12.7 Å². The molecule has 0 heterocycles. The predicted octanol–water partition coefficient (Wildman–Crippen LogP) is 1.17. The van der Waals surface area contributed by atoms with Crippen molar-refractivity contribution in [1.82, 2.24) is 5.32 Å². The molecule has 0 aliphatic heterocycles. The fraction of sp³-hybridized carbons (Fsp3) is 0.529. The van der Waals surface area contributed by atoms with Crippen LogP contribution in [0.2, 0.25) is 0 Å². The number of hydrogen-bond acceptors (Lipinski definition) is 3. The lowest BCUT2D eigenvalue weighted by Gasteiger charge is -2.18. The Morgan fingerprint density at radius 3 is 2.35 bits per heavy atom. The molecule has 1 atom stereocenters. The molecule has 0 fully saturated rings. The van der Waals surface area contributed by atoms with E-state index < -0.39 is 0 Å². The molecule has 0 spiro atoms. The van der Waals surface area contributed by atoms with Crippen molar-refractivity contribution in [2.24, 2.45) is 0 Å². The van der Waals surface area contributed by atoms with Gasteiger partial charge in [-0.1, -0.05) is 26.0 Å². The molecule has 0 aromatic heterocycles. The molecule has 1 aromatic rings. The summed E-state index contributed by atoms with van der Waals surface area (Å²) in [6.45, 7) is 4.68. The number of benzene rings is 1. The first-order chi connectivity index (χ1) is 11.0. The average Bonchev–Trinajstić information content (AvgIpc) is 2.52. The van der Waals surface area contributed by atoms with Crippen LogP contribution in [-0.4, -0.2) is 44.2 Å². The van der Waals surface area contributed by atoms with Gasteiger partial charge < -0.3 is 15.5 Å². The van der Waals surface area contributed by atoms with Crippen LogP contribution >= 0.6 is 11.8 Å². The fourth-order valence-corrected chi connectivity index (χ4v) is 2.88. The van der Waals surface area contributed by atoms with Crippen molar-refractivity contribution in [2.75, 3.05) is 31.7 Å². The van der Waals surface area contributed by atoms with Gasteiger partial charge in [-0.25, -0.2) is 0 Å². The number of carbonyl (C=O) groups is 2. The van der Waals surface area contributed by atoms with Gasteiger partial charge in [0.2, 0.25) is 0 Å². The molecule has 1 aromatic carbocycles. The number of nitrogens with one attached hydrogen (secondary N) is 3. The van der Waals surface area contributed by atoms with Gasteiger partial charge in [0.1, 0.15) is 0 Å². The number of hydrogen-bond donors (Lipinski definition) is 3. The first-order valence-electron chi connectivity index (χ1n) is 8.03. The molecular weight excluding hydrogens is 310 g/mol. The van der Waals surface area contributed by atoms with Gasteiger partial charge >= 0.3 is 0 Å². The summed E-state index contributed by atoms with van der Waals surface area (Å²) in [7, 11) is 1.85. The Labute approximate surface area is 143 Å². The van der Waals surface area contributed by atoms with Crippen LogP contribution in [0.1, 0.15) is 26.7 Å². The molecule has 0 saturated heterocycles. The number of thioether (sulfide) groups is 1. The van der Waals surface area contributed by atoms with Crippen molar-refractivity contribution >= 4 is 29.3 Å². The molecule has 1 rings (SSSR count). The molecule has 6 heteroatoms. The normalized spacial score (nSPS) is 12.0.